The minimum atomic E-state index is -4.05. The number of benzene rings is 1. The van der Waals surface area contributed by atoms with Gasteiger partial charge in [0.05, 0.1) is 0 Å². The third-order valence-corrected chi connectivity index (χ3v) is 5.40. The molecule has 25 heavy (non-hydrogen) atoms. The largest absolute Gasteiger partial charge is 0.296 e. The molecule has 8 nitrogen and oxygen atoms in total. The van der Waals surface area contributed by atoms with Gasteiger partial charge in [0.15, 0.2) is 0 Å². The average Bonchev–Trinajstić information content (AvgIpc) is 3.05. The number of rotatable bonds is 5. The zero-order chi connectivity index (χ0) is 19.0. The highest BCUT2D eigenvalue weighted by Gasteiger charge is 2.22. The number of amides is 2. The van der Waals surface area contributed by atoms with Crippen molar-refractivity contribution in [1.82, 2.24) is 14.9 Å². The van der Waals surface area contributed by atoms with E-state index in [4.69, 9.17) is 0 Å². The van der Waals surface area contributed by atoms with Gasteiger partial charge in [-0.3, -0.25) is 14.9 Å². The smallest absolute Gasteiger partial charge is 0.293 e. The van der Waals surface area contributed by atoms with E-state index >= 15 is 0 Å². The maximum Gasteiger partial charge on any atom is 0.293 e. The Balaban J connectivity index is 0.00000151. The number of carbonyl (C=O) groups excluding carboxylic acids is 2. The first-order valence-corrected chi connectivity index (χ1v) is 9.89. The molecule has 0 bridgehead atoms. The van der Waals surface area contributed by atoms with Crippen molar-refractivity contribution < 1.29 is 18.0 Å². The van der Waals surface area contributed by atoms with Crippen molar-refractivity contribution in [2.24, 2.45) is 0 Å². The number of carbonyl (C=O) groups is 2. The minimum absolute atomic E-state index is 0.0264. The Morgan fingerprint density at radius 2 is 1.72 bits per heavy atom. The number of aryl methyl sites for hydroxylation is 1. The maximum absolute atomic E-state index is 12.1. The van der Waals surface area contributed by atoms with E-state index in [1.54, 1.807) is 16.9 Å². The van der Waals surface area contributed by atoms with Crippen LogP contribution >= 0.6 is 11.3 Å². The standard InChI is InChI=1S/C13H14N4O4S2.C2H6/c1-3-9-4-6-10(7-5-9)11(19)14-12-15-16-13(22-12)23(20,21)17-8(2)18;1-2/h4-7H,3H2,1-2H3,(H,17,18)(H,14,15,19);1-2H3. The lowest BCUT2D eigenvalue weighted by Gasteiger charge is -2.02. The van der Waals surface area contributed by atoms with E-state index < -0.39 is 26.2 Å². The fourth-order valence-corrected chi connectivity index (χ4v) is 3.55. The van der Waals surface area contributed by atoms with E-state index in [9.17, 15) is 18.0 Å². The van der Waals surface area contributed by atoms with Gasteiger partial charge >= 0.3 is 0 Å². The lowest BCUT2D eigenvalue weighted by Crippen LogP contribution is -2.28. The van der Waals surface area contributed by atoms with Crippen molar-refractivity contribution in [3.05, 3.63) is 35.4 Å². The van der Waals surface area contributed by atoms with Gasteiger partial charge in [0.25, 0.3) is 20.3 Å². The number of hydrogen-bond donors (Lipinski definition) is 2. The van der Waals surface area contributed by atoms with Gasteiger partial charge in [0.2, 0.25) is 11.0 Å². The van der Waals surface area contributed by atoms with E-state index in [1.165, 1.54) is 0 Å². The van der Waals surface area contributed by atoms with E-state index in [1.807, 2.05) is 32.9 Å². The first-order valence-electron chi connectivity index (χ1n) is 7.59. The van der Waals surface area contributed by atoms with Gasteiger partial charge in [0, 0.05) is 12.5 Å². The van der Waals surface area contributed by atoms with Crippen LogP contribution in [0.25, 0.3) is 0 Å². The summed E-state index contributed by atoms with van der Waals surface area (Å²) in [5.41, 5.74) is 1.52. The first-order chi connectivity index (χ1) is 11.8. The van der Waals surface area contributed by atoms with Gasteiger partial charge in [0.1, 0.15) is 0 Å². The van der Waals surface area contributed by atoms with Crippen molar-refractivity contribution in [1.29, 1.82) is 0 Å². The Kier molecular flexibility index (Phi) is 7.65. The molecule has 2 N–H and O–H groups in total. The summed E-state index contributed by atoms with van der Waals surface area (Å²) in [5.74, 6) is -1.16. The van der Waals surface area contributed by atoms with Gasteiger partial charge in [-0.25, -0.2) is 4.72 Å². The summed E-state index contributed by atoms with van der Waals surface area (Å²) in [6.07, 6.45) is 0.864. The third-order valence-electron chi connectivity index (χ3n) is 2.76. The molecule has 2 aromatic rings. The molecular weight excluding hydrogens is 364 g/mol. The van der Waals surface area contributed by atoms with Crippen LogP contribution in [0, 0.1) is 0 Å². The van der Waals surface area contributed by atoms with E-state index in [-0.39, 0.29) is 5.13 Å². The topological polar surface area (TPSA) is 118 Å². The number of aromatic nitrogens is 2. The molecule has 0 aliphatic rings. The highest BCUT2D eigenvalue weighted by atomic mass is 32.2. The molecule has 0 aliphatic carbocycles. The average molecular weight is 384 g/mol. The summed E-state index contributed by atoms with van der Waals surface area (Å²) in [5, 5.41) is 9.56. The number of hydrogen-bond acceptors (Lipinski definition) is 7. The highest BCUT2D eigenvalue weighted by Crippen LogP contribution is 2.20. The van der Waals surface area contributed by atoms with Crippen LogP contribution in [0.1, 0.15) is 43.6 Å². The van der Waals surface area contributed by atoms with Crippen molar-refractivity contribution in [3.8, 4) is 0 Å². The molecule has 2 amide bonds. The Hall–Kier alpha value is -2.33. The van der Waals surface area contributed by atoms with E-state index in [2.05, 4.69) is 15.5 Å². The summed E-state index contributed by atoms with van der Waals surface area (Å²) in [4.78, 5) is 22.9. The van der Waals surface area contributed by atoms with Crippen LogP contribution in [-0.2, 0) is 21.2 Å². The molecule has 0 spiro atoms. The van der Waals surface area contributed by atoms with Crippen LogP contribution in [0.2, 0.25) is 0 Å². The molecule has 10 heteroatoms. The molecule has 0 saturated carbocycles. The lowest BCUT2D eigenvalue weighted by molar-refractivity contribution is -0.117. The molecule has 1 aromatic carbocycles. The Morgan fingerprint density at radius 1 is 1.12 bits per heavy atom. The fourth-order valence-electron chi connectivity index (χ4n) is 1.66. The van der Waals surface area contributed by atoms with E-state index in [0.717, 1.165) is 18.9 Å². The minimum Gasteiger partial charge on any atom is -0.296 e. The number of nitrogens with zero attached hydrogens (tertiary/aromatic N) is 2. The van der Waals surface area contributed by atoms with Crippen LogP contribution in [0.4, 0.5) is 5.13 Å². The van der Waals surface area contributed by atoms with Gasteiger partial charge in [-0.05, 0) is 24.1 Å². The second-order valence-electron chi connectivity index (χ2n) is 4.54. The maximum atomic E-state index is 12.1. The first kappa shape index (κ1) is 20.7. The summed E-state index contributed by atoms with van der Waals surface area (Å²) >= 11 is 0.656. The Morgan fingerprint density at radius 3 is 2.24 bits per heavy atom. The molecule has 0 radical (unpaired) electrons. The summed E-state index contributed by atoms with van der Waals surface area (Å²) in [7, 11) is -4.05. The fraction of sp³-hybridized carbons (Fsp3) is 0.333. The highest BCUT2D eigenvalue weighted by molar-refractivity contribution is 7.92. The molecule has 0 atom stereocenters. The second kappa shape index (κ2) is 9.23. The molecule has 0 fully saturated rings. The summed E-state index contributed by atoms with van der Waals surface area (Å²) in [6.45, 7) is 7.08. The van der Waals surface area contributed by atoms with Crippen LogP contribution in [0.3, 0.4) is 0 Å². The number of nitrogens with one attached hydrogen (secondary N) is 2. The SMILES string of the molecule is CC.CCc1ccc(C(=O)Nc2nnc(S(=O)(=O)NC(C)=O)s2)cc1. The van der Waals surface area contributed by atoms with Crippen LogP contribution in [0.5, 0.6) is 0 Å². The van der Waals surface area contributed by atoms with Crippen molar-refractivity contribution in [2.45, 2.75) is 38.5 Å². The molecule has 2 rings (SSSR count). The Bertz CT molecular complexity index is 829. The molecular formula is C15H20N4O4S2. The third kappa shape index (κ3) is 5.91. The van der Waals surface area contributed by atoms with Gasteiger partial charge < -0.3 is 0 Å². The molecule has 136 valence electrons. The van der Waals surface area contributed by atoms with Crippen molar-refractivity contribution in [2.75, 3.05) is 5.32 Å². The van der Waals surface area contributed by atoms with Crippen molar-refractivity contribution >= 4 is 38.3 Å². The molecule has 0 aliphatic heterocycles. The summed E-state index contributed by atoms with van der Waals surface area (Å²) < 4.78 is 24.9. The second-order valence-corrected chi connectivity index (χ2v) is 7.37. The predicted molar refractivity (Wildman–Crippen MR) is 96.0 cm³/mol. The molecule has 0 unspecified atom stereocenters. The molecule has 1 aromatic heterocycles. The number of anilines is 1. The van der Waals surface area contributed by atoms with Crippen LogP contribution in [0.15, 0.2) is 28.6 Å². The molecule has 0 saturated heterocycles. The zero-order valence-electron chi connectivity index (χ0n) is 14.4. The monoisotopic (exact) mass is 384 g/mol. The van der Waals surface area contributed by atoms with Crippen LogP contribution in [-0.4, -0.2) is 30.4 Å². The zero-order valence-corrected chi connectivity index (χ0v) is 16.0. The predicted octanol–water partition coefficient (Wildman–Crippen LogP) is 2.20. The molecule has 1 heterocycles. The normalized spacial score (nSPS) is 10.4. The quantitative estimate of drug-likeness (QED) is 0.763. The summed E-state index contributed by atoms with van der Waals surface area (Å²) in [6, 6.07) is 7.01. The Labute approximate surface area is 150 Å². The number of sulfonamides is 1. The van der Waals surface area contributed by atoms with Crippen LogP contribution < -0.4 is 10.0 Å². The van der Waals surface area contributed by atoms with Crippen molar-refractivity contribution in [3.63, 3.8) is 0 Å². The van der Waals surface area contributed by atoms with E-state index in [0.29, 0.717) is 16.9 Å². The lowest BCUT2D eigenvalue weighted by atomic mass is 10.1. The van der Waals surface area contributed by atoms with Gasteiger partial charge in [-0.15, -0.1) is 10.2 Å². The van der Waals surface area contributed by atoms with Gasteiger partial charge in [-0.2, -0.15) is 8.42 Å². The van der Waals surface area contributed by atoms with Gasteiger partial charge in [-0.1, -0.05) is 44.2 Å².